The SMILES string of the molecule is CCC(=O)N(c1ccccc1)C1CCN(CCc2cc(OC)ccc2OC)CC1. The zero-order chi connectivity index (χ0) is 20.6. The summed E-state index contributed by atoms with van der Waals surface area (Å²) in [5, 5.41) is 0. The van der Waals surface area contributed by atoms with Gasteiger partial charge in [0.05, 0.1) is 14.2 Å². The number of ether oxygens (including phenoxy) is 2. The summed E-state index contributed by atoms with van der Waals surface area (Å²) in [6.45, 7) is 4.91. The lowest BCUT2D eigenvalue weighted by atomic mass is 10.0. The monoisotopic (exact) mass is 396 g/mol. The molecule has 0 aromatic heterocycles. The molecule has 0 saturated carbocycles. The average Bonchev–Trinajstić information content (AvgIpc) is 2.79. The molecule has 0 N–H and O–H groups in total. The van der Waals surface area contributed by atoms with Crippen LogP contribution in [0, 0.1) is 0 Å². The molecule has 0 spiro atoms. The van der Waals surface area contributed by atoms with Crippen LogP contribution in [0.2, 0.25) is 0 Å². The van der Waals surface area contributed by atoms with Crippen LogP contribution in [-0.2, 0) is 11.2 Å². The maximum Gasteiger partial charge on any atom is 0.226 e. The molecular formula is C24H32N2O3. The number of hydrogen-bond donors (Lipinski definition) is 0. The predicted octanol–water partition coefficient (Wildman–Crippen LogP) is 4.15. The number of carbonyl (C=O) groups is 1. The van der Waals surface area contributed by atoms with Crippen LogP contribution in [-0.4, -0.2) is 50.7 Å². The van der Waals surface area contributed by atoms with Crippen molar-refractivity contribution in [3.8, 4) is 11.5 Å². The number of amides is 1. The largest absolute Gasteiger partial charge is 0.497 e. The maximum atomic E-state index is 12.6. The van der Waals surface area contributed by atoms with Crippen LogP contribution in [0.25, 0.3) is 0 Å². The minimum Gasteiger partial charge on any atom is -0.497 e. The number of hydrogen-bond acceptors (Lipinski definition) is 4. The van der Waals surface area contributed by atoms with Gasteiger partial charge in [-0.3, -0.25) is 4.79 Å². The lowest BCUT2D eigenvalue weighted by Crippen LogP contribution is -2.47. The molecule has 0 aliphatic carbocycles. The molecule has 1 amide bonds. The number of anilines is 1. The molecule has 1 aliphatic heterocycles. The molecule has 2 aromatic carbocycles. The fourth-order valence-corrected chi connectivity index (χ4v) is 4.07. The molecule has 1 aliphatic rings. The van der Waals surface area contributed by atoms with Crippen LogP contribution in [0.4, 0.5) is 5.69 Å². The Balaban J connectivity index is 1.59. The van der Waals surface area contributed by atoms with Crippen molar-refractivity contribution in [3.63, 3.8) is 0 Å². The molecule has 0 atom stereocenters. The smallest absolute Gasteiger partial charge is 0.226 e. The fourth-order valence-electron chi connectivity index (χ4n) is 4.07. The van der Waals surface area contributed by atoms with E-state index in [-0.39, 0.29) is 11.9 Å². The van der Waals surface area contributed by atoms with Gasteiger partial charge in [-0.2, -0.15) is 0 Å². The van der Waals surface area contributed by atoms with Crippen LogP contribution < -0.4 is 14.4 Å². The molecule has 1 saturated heterocycles. The minimum absolute atomic E-state index is 0.204. The molecule has 156 valence electrons. The maximum absolute atomic E-state index is 12.6. The Morgan fingerprint density at radius 2 is 1.79 bits per heavy atom. The van der Waals surface area contributed by atoms with Gasteiger partial charge in [-0.1, -0.05) is 25.1 Å². The lowest BCUT2D eigenvalue weighted by Gasteiger charge is -2.38. The third kappa shape index (κ3) is 5.30. The van der Waals surface area contributed by atoms with Crippen LogP contribution in [0.3, 0.4) is 0 Å². The third-order valence-electron chi connectivity index (χ3n) is 5.71. The summed E-state index contributed by atoms with van der Waals surface area (Å²) < 4.78 is 10.9. The third-order valence-corrected chi connectivity index (χ3v) is 5.71. The van der Waals surface area contributed by atoms with Crippen molar-refractivity contribution in [3.05, 3.63) is 54.1 Å². The Labute approximate surface area is 174 Å². The second-order valence-electron chi connectivity index (χ2n) is 7.45. The van der Waals surface area contributed by atoms with E-state index in [1.54, 1.807) is 14.2 Å². The second kappa shape index (κ2) is 10.3. The van der Waals surface area contributed by atoms with Crippen molar-refractivity contribution < 1.29 is 14.3 Å². The number of benzene rings is 2. The molecule has 1 fully saturated rings. The van der Waals surface area contributed by atoms with E-state index in [0.29, 0.717) is 6.42 Å². The van der Waals surface area contributed by atoms with Gasteiger partial charge in [-0.15, -0.1) is 0 Å². The minimum atomic E-state index is 0.204. The summed E-state index contributed by atoms with van der Waals surface area (Å²) in [4.78, 5) is 17.1. The van der Waals surface area contributed by atoms with Crippen molar-refractivity contribution in [1.82, 2.24) is 4.90 Å². The van der Waals surface area contributed by atoms with E-state index in [0.717, 1.165) is 56.1 Å². The Morgan fingerprint density at radius 3 is 2.41 bits per heavy atom. The molecule has 29 heavy (non-hydrogen) atoms. The fraction of sp³-hybridized carbons (Fsp3) is 0.458. The van der Waals surface area contributed by atoms with Gasteiger partial charge in [0.1, 0.15) is 11.5 Å². The van der Waals surface area contributed by atoms with Crippen molar-refractivity contribution in [2.75, 3.05) is 38.8 Å². The van der Waals surface area contributed by atoms with E-state index in [1.807, 2.05) is 54.3 Å². The van der Waals surface area contributed by atoms with Crippen molar-refractivity contribution >= 4 is 11.6 Å². The van der Waals surface area contributed by atoms with Gasteiger partial charge in [0.25, 0.3) is 0 Å². The zero-order valence-electron chi connectivity index (χ0n) is 17.8. The number of likely N-dealkylation sites (tertiary alicyclic amines) is 1. The zero-order valence-corrected chi connectivity index (χ0v) is 17.8. The molecule has 0 bridgehead atoms. The molecule has 1 heterocycles. The van der Waals surface area contributed by atoms with Crippen LogP contribution in [0.1, 0.15) is 31.7 Å². The number of nitrogens with zero attached hydrogens (tertiary/aromatic N) is 2. The van der Waals surface area contributed by atoms with Gasteiger partial charge in [0.2, 0.25) is 5.91 Å². The Hall–Kier alpha value is -2.53. The van der Waals surface area contributed by atoms with Crippen molar-refractivity contribution in [1.29, 1.82) is 0 Å². The summed E-state index contributed by atoms with van der Waals surface area (Å²) in [6.07, 6.45) is 3.44. The Kier molecular flexibility index (Phi) is 7.53. The highest BCUT2D eigenvalue weighted by Crippen LogP contribution is 2.27. The molecule has 5 nitrogen and oxygen atoms in total. The molecule has 0 radical (unpaired) electrons. The molecular weight excluding hydrogens is 364 g/mol. The highest BCUT2D eigenvalue weighted by atomic mass is 16.5. The average molecular weight is 397 g/mol. The van der Waals surface area contributed by atoms with E-state index in [9.17, 15) is 4.79 Å². The van der Waals surface area contributed by atoms with E-state index >= 15 is 0 Å². The van der Waals surface area contributed by atoms with Crippen molar-refractivity contribution in [2.24, 2.45) is 0 Å². The first kappa shape index (κ1) is 21.2. The first-order chi connectivity index (χ1) is 14.2. The quantitative estimate of drug-likeness (QED) is 0.672. The summed E-state index contributed by atoms with van der Waals surface area (Å²) in [7, 11) is 3.39. The number of carbonyl (C=O) groups excluding carboxylic acids is 1. The number of rotatable bonds is 8. The molecule has 5 heteroatoms. The normalized spacial score (nSPS) is 15.1. The van der Waals surface area contributed by atoms with E-state index in [1.165, 1.54) is 5.56 Å². The van der Waals surface area contributed by atoms with Crippen molar-refractivity contribution in [2.45, 2.75) is 38.6 Å². The highest BCUT2D eigenvalue weighted by Gasteiger charge is 2.28. The van der Waals surface area contributed by atoms with Gasteiger partial charge >= 0.3 is 0 Å². The summed E-state index contributed by atoms with van der Waals surface area (Å²) >= 11 is 0. The first-order valence-corrected chi connectivity index (χ1v) is 10.5. The molecule has 2 aromatic rings. The van der Waals surface area contributed by atoms with Gasteiger partial charge in [0, 0.05) is 37.8 Å². The molecule has 0 unspecified atom stereocenters. The van der Waals surface area contributed by atoms with Gasteiger partial charge < -0.3 is 19.3 Å². The lowest BCUT2D eigenvalue weighted by molar-refractivity contribution is -0.119. The topological polar surface area (TPSA) is 42.0 Å². The predicted molar refractivity (Wildman–Crippen MR) is 117 cm³/mol. The highest BCUT2D eigenvalue weighted by molar-refractivity contribution is 5.93. The number of piperidine rings is 1. The second-order valence-corrected chi connectivity index (χ2v) is 7.45. The van der Waals surface area contributed by atoms with Crippen LogP contribution in [0.5, 0.6) is 11.5 Å². The van der Waals surface area contributed by atoms with Gasteiger partial charge in [-0.05, 0) is 55.2 Å². The van der Waals surface area contributed by atoms with E-state index in [2.05, 4.69) is 11.0 Å². The van der Waals surface area contributed by atoms with Crippen LogP contribution in [0.15, 0.2) is 48.5 Å². The Morgan fingerprint density at radius 1 is 1.07 bits per heavy atom. The molecule has 3 rings (SSSR count). The number of para-hydroxylation sites is 1. The standard InChI is InChI=1S/C24H32N2O3/c1-4-24(27)26(20-8-6-5-7-9-20)21-13-16-25(17-14-21)15-12-19-18-22(28-2)10-11-23(19)29-3/h5-11,18,21H,4,12-17H2,1-3H3. The Bertz CT molecular complexity index is 786. The van der Waals surface area contributed by atoms with Crippen LogP contribution >= 0.6 is 0 Å². The summed E-state index contributed by atoms with van der Waals surface area (Å²) in [5.41, 5.74) is 2.18. The van der Waals surface area contributed by atoms with Gasteiger partial charge in [-0.25, -0.2) is 0 Å². The summed E-state index contributed by atoms with van der Waals surface area (Å²) in [6, 6.07) is 16.3. The summed E-state index contributed by atoms with van der Waals surface area (Å²) in [5.74, 6) is 1.97. The van der Waals surface area contributed by atoms with E-state index in [4.69, 9.17) is 9.47 Å². The first-order valence-electron chi connectivity index (χ1n) is 10.5. The number of methoxy groups -OCH3 is 2. The van der Waals surface area contributed by atoms with E-state index < -0.39 is 0 Å². The van der Waals surface area contributed by atoms with Gasteiger partial charge in [0.15, 0.2) is 0 Å².